The lowest BCUT2D eigenvalue weighted by Crippen LogP contribution is -1.90. The molecule has 0 aliphatic heterocycles. The van der Waals surface area contributed by atoms with Crippen molar-refractivity contribution in [3.63, 3.8) is 0 Å². The third-order valence-corrected chi connectivity index (χ3v) is 6.29. The Morgan fingerprint density at radius 1 is 0.455 bits per heavy atom. The maximum absolute atomic E-state index is 4.88. The van der Waals surface area contributed by atoms with Gasteiger partial charge in [0.15, 0.2) is 0 Å². The van der Waals surface area contributed by atoms with Crippen LogP contribution in [-0.4, -0.2) is 4.98 Å². The first-order chi connectivity index (χ1) is 16.3. The summed E-state index contributed by atoms with van der Waals surface area (Å²) in [6.45, 7) is 0. The summed E-state index contributed by atoms with van der Waals surface area (Å²) in [7, 11) is 0. The molecule has 0 atom stereocenters. The van der Waals surface area contributed by atoms with Crippen molar-refractivity contribution < 1.29 is 0 Å². The fourth-order valence-electron chi connectivity index (χ4n) is 4.47. The summed E-state index contributed by atoms with van der Waals surface area (Å²) in [5.41, 5.74) is 8.60. The highest BCUT2D eigenvalue weighted by molar-refractivity contribution is 5.82. The lowest BCUT2D eigenvalue weighted by molar-refractivity contribution is 0.678. The Bertz CT molecular complexity index is 1340. The van der Waals surface area contributed by atoms with Gasteiger partial charge in [0.25, 0.3) is 0 Å². The highest BCUT2D eigenvalue weighted by Gasteiger charge is 2.05. The molecule has 0 unspecified atom stereocenters. The Hall–Kier alpha value is -3.71. The number of rotatable bonds is 8. The number of unbranched alkanes of at least 4 members (excludes halogenated alkanes) is 2. The fourth-order valence-corrected chi connectivity index (χ4v) is 4.47. The van der Waals surface area contributed by atoms with E-state index in [1.165, 1.54) is 53.3 Å². The molecule has 1 aromatic heterocycles. The minimum absolute atomic E-state index is 1.02. The summed E-state index contributed by atoms with van der Waals surface area (Å²) >= 11 is 0. The second-order valence-corrected chi connectivity index (χ2v) is 8.72. The monoisotopic (exact) mass is 427 g/mol. The van der Waals surface area contributed by atoms with Gasteiger partial charge < -0.3 is 0 Å². The highest BCUT2D eigenvalue weighted by atomic mass is 14.7. The standard InChI is InChI=1S/C32H29N/c1-3-11-25(12-4-1)13-5-2-6-14-26-15-9-17-28(23-26)29-18-10-19-30(24-29)32-22-21-27-16-7-8-20-31(27)33-32/h1,3-4,7-12,15-24H,2,5-6,13-14H2. The van der Waals surface area contributed by atoms with E-state index in [4.69, 9.17) is 4.98 Å². The van der Waals surface area contributed by atoms with Crippen molar-refractivity contribution >= 4 is 10.9 Å². The van der Waals surface area contributed by atoms with Crippen LogP contribution in [0.1, 0.15) is 30.4 Å². The minimum Gasteiger partial charge on any atom is -0.248 e. The number of nitrogens with zero attached hydrogens (tertiary/aromatic N) is 1. The first-order valence-electron chi connectivity index (χ1n) is 11.9. The average Bonchev–Trinajstić information content (AvgIpc) is 2.89. The highest BCUT2D eigenvalue weighted by Crippen LogP contribution is 2.27. The van der Waals surface area contributed by atoms with Gasteiger partial charge in [-0.15, -0.1) is 0 Å². The number of hydrogen-bond donors (Lipinski definition) is 0. The summed E-state index contributed by atoms with van der Waals surface area (Å²) < 4.78 is 0. The predicted octanol–water partition coefficient (Wildman–Crippen LogP) is 8.52. The van der Waals surface area contributed by atoms with Crippen molar-refractivity contribution in [1.29, 1.82) is 0 Å². The molecule has 0 fully saturated rings. The van der Waals surface area contributed by atoms with Crippen molar-refractivity contribution in [3.8, 4) is 22.4 Å². The molecule has 0 bridgehead atoms. The molecule has 0 spiro atoms. The molecule has 1 heteroatoms. The molecule has 162 valence electrons. The van der Waals surface area contributed by atoms with Crippen LogP contribution in [-0.2, 0) is 12.8 Å². The largest absolute Gasteiger partial charge is 0.248 e. The van der Waals surface area contributed by atoms with Crippen molar-refractivity contribution in [2.75, 3.05) is 0 Å². The van der Waals surface area contributed by atoms with Gasteiger partial charge in [-0.25, -0.2) is 4.98 Å². The topological polar surface area (TPSA) is 12.9 Å². The number of pyridine rings is 1. The van der Waals surface area contributed by atoms with Crippen LogP contribution in [0.5, 0.6) is 0 Å². The van der Waals surface area contributed by atoms with E-state index >= 15 is 0 Å². The van der Waals surface area contributed by atoms with E-state index < -0.39 is 0 Å². The molecule has 0 radical (unpaired) electrons. The molecular weight excluding hydrogens is 398 g/mol. The second-order valence-electron chi connectivity index (χ2n) is 8.72. The van der Waals surface area contributed by atoms with Crippen LogP contribution in [0.15, 0.2) is 115 Å². The molecule has 0 aliphatic carbocycles. The molecule has 0 N–H and O–H groups in total. The van der Waals surface area contributed by atoms with Gasteiger partial charge >= 0.3 is 0 Å². The van der Waals surface area contributed by atoms with Crippen LogP contribution >= 0.6 is 0 Å². The zero-order valence-corrected chi connectivity index (χ0v) is 19.0. The molecule has 1 nitrogen and oxygen atoms in total. The molecule has 0 aliphatic rings. The molecule has 0 amide bonds. The SMILES string of the molecule is c1ccc(CCCCCc2cccc(-c3cccc(-c4ccc5ccccc5n4)c3)c2)cc1. The van der Waals surface area contributed by atoms with Crippen molar-refractivity contribution in [1.82, 2.24) is 4.98 Å². The summed E-state index contributed by atoms with van der Waals surface area (Å²) in [6.07, 6.45) is 6.06. The summed E-state index contributed by atoms with van der Waals surface area (Å²) in [6, 6.07) is 41.1. The Labute approximate surface area is 196 Å². The third kappa shape index (κ3) is 5.38. The summed E-state index contributed by atoms with van der Waals surface area (Å²) in [5.74, 6) is 0. The van der Waals surface area contributed by atoms with E-state index in [1.54, 1.807) is 0 Å². The van der Waals surface area contributed by atoms with E-state index in [1.807, 2.05) is 6.07 Å². The predicted molar refractivity (Wildman–Crippen MR) is 140 cm³/mol. The van der Waals surface area contributed by atoms with Crippen LogP contribution in [0.2, 0.25) is 0 Å². The van der Waals surface area contributed by atoms with Gasteiger partial charge in [0.2, 0.25) is 0 Å². The Morgan fingerprint density at radius 3 is 2.00 bits per heavy atom. The van der Waals surface area contributed by atoms with Gasteiger partial charge in [-0.1, -0.05) is 103 Å². The normalized spacial score (nSPS) is 11.0. The number of para-hydroxylation sites is 1. The van der Waals surface area contributed by atoms with E-state index in [0.29, 0.717) is 0 Å². The zero-order chi connectivity index (χ0) is 22.3. The summed E-state index contributed by atoms with van der Waals surface area (Å²) in [5, 5.41) is 1.17. The van der Waals surface area contributed by atoms with Crippen LogP contribution in [0.3, 0.4) is 0 Å². The number of hydrogen-bond acceptors (Lipinski definition) is 1. The summed E-state index contributed by atoms with van der Waals surface area (Å²) in [4.78, 5) is 4.88. The first kappa shape index (κ1) is 21.2. The van der Waals surface area contributed by atoms with Crippen LogP contribution in [0.25, 0.3) is 33.3 Å². The number of aromatic nitrogens is 1. The Morgan fingerprint density at radius 2 is 1.12 bits per heavy atom. The lowest BCUT2D eigenvalue weighted by atomic mass is 9.97. The smallest absolute Gasteiger partial charge is 0.0709 e. The van der Waals surface area contributed by atoms with Crippen LogP contribution < -0.4 is 0 Å². The van der Waals surface area contributed by atoms with Crippen molar-refractivity contribution in [3.05, 3.63) is 126 Å². The van der Waals surface area contributed by atoms with Gasteiger partial charge in [0.1, 0.15) is 0 Å². The van der Waals surface area contributed by atoms with Gasteiger partial charge in [-0.2, -0.15) is 0 Å². The number of fused-ring (bicyclic) bond motifs is 1. The molecule has 5 rings (SSSR count). The van der Waals surface area contributed by atoms with Crippen LogP contribution in [0, 0.1) is 0 Å². The number of aryl methyl sites for hydroxylation is 2. The van der Waals surface area contributed by atoms with Crippen LogP contribution in [0.4, 0.5) is 0 Å². The third-order valence-electron chi connectivity index (χ3n) is 6.29. The Balaban J connectivity index is 1.25. The molecule has 5 aromatic rings. The fraction of sp³-hybridized carbons (Fsp3) is 0.156. The quantitative estimate of drug-likeness (QED) is 0.226. The molecule has 0 saturated heterocycles. The van der Waals surface area contributed by atoms with E-state index in [-0.39, 0.29) is 0 Å². The minimum atomic E-state index is 1.02. The molecule has 0 saturated carbocycles. The number of benzene rings is 4. The first-order valence-corrected chi connectivity index (χ1v) is 11.9. The molecule has 33 heavy (non-hydrogen) atoms. The average molecular weight is 428 g/mol. The zero-order valence-electron chi connectivity index (χ0n) is 19.0. The lowest BCUT2D eigenvalue weighted by Gasteiger charge is -2.09. The van der Waals surface area contributed by atoms with Gasteiger partial charge in [-0.05, 0) is 66.1 Å². The molecule has 4 aromatic carbocycles. The van der Waals surface area contributed by atoms with E-state index in [9.17, 15) is 0 Å². The molecule has 1 heterocycles. The molecular formula is C32H29N. The van der Waals surface area contributed by atoms with E-state index in [2.05, 4.69) is 109 Å². The maximum Gasteiger partial charge on any atom is 0.0709 e. The van der Waals surface area contributed by atoms with Gasteiger partial charge in [0.05, 0.1) is 11.2 Å². The second kappa shape index (κ2) is 10.3. The van der Waals surface area contributed by atoms with Crippen molar-refractivity contribution in [2.45, 2.75) is 32.1 Å². The van der Waals surface area contributed by atoms with Crippen molar-refractivity contribution in [2.24, 2.45) is 0 Å². The van der Waals surface area contributed by atoms with Gasteiger partial charge in [0, 0.05) is 10.9 Å². The van der Waals surface area contributed by atoms with Gasteiger partial charge in [-0.3, -0.25) is 0 Å². The maximum atomic E-state index is 4.88. The Kier molecular flexibility index (Phi) is 6.58. The van der Waals surface area contributed by atoms with E-state index in [0.717, 1.165) is 23.2 Å².